The van der Waals surface area contributed by atoms with Crippen molar-refractivity contribution in [3.63, 3.8) is 0 Å². The first kappa shape index (κ1) is 14.4. The molecule has 0 bridgehead atoms. The topological polar surface area (TPSA) is 29.1 Å². The van der Waals surface area contributed by atoms with E-state index >= 15 is 0 Å². The van der Waals surface area contributed by atoms with E-state index in [-0.39, 0.29) is 37.5 Å². The van der Waals surface area contributed by atoms with Crippen LogP contribution in [0.25, 0.3) is 0 Å². The third-order valence-electron chi connectivity index (χ3n) is 3.54. The highest BCUT2D eigenvalue weighted by atomic mass is 79.9. The van der Waals surface area contributed by atoms with Gasteiger partial charge in [-0.1, -0.05) is 12.1 Å². The van der Waals surface area contributed by atoms with Crippen LogP contribution in [0.3, 0.4) is 0 Å². The lowest BCUT2D eigenvalue weighted by Crippen LogP contribution is -2.31. The zero-order valence-corrected chi connectivity index (χ0v) is 12.3. The molecule has 1 aliphatic carbocycles. The van der Waals surface area contributed by atoms with Crippen LogP contribution in [-0.4, -0.2) is 11.8 Å². The van der Waals surface area contributed by atoms with Gasteiger partial charge in [0.25, 0.3) is 0 Å². The molecular weight excluding hydrogens is 316 g/mol. The van der Waals surface area contributed by atoms with Gasteiger partial charge in [0.1, 0.15) is 0 Å². The Morgan fingerprint density at radius 2 is 2.00 bits per heavy atom. The van der Waals surface area contributed by atoms with Gasteiger partial charge in [0.05, 0.1) is 5.69 Å². The SMILES string of the molecule is Cc1cccc(NC(=O)C2CCC(F)(F)CC2)c1Br. The minimum atomic E-state index is -2.60. The van der Waals surface area contributed by atoms with E-state index in [0.717, 1.165) is 10.0 Å². The van der Waals surface area contributed by atoms with Gasteiger partial charge in [-0.3, -0.25) is 4.79 Å². The maximum Gasteiger partial charge on any atom is 0.248 e. The Hall–Kier alpha value is -0.970. The summed E-state index contributed by atoms with van der Waals surface area (Å²) >= 11 is 3.42. The lowest BCUT2D eigenvalue weighted by Gasteiger charge is -2.27. The summed E-state index contributed by atoms with van der Waals surface area (Å²) in [4.78, 5) is 12.1. The summed E-state index contributed by atoms with van der Waals surface area (Å²) in [6, 6.07) is 5.58. The summed E-state index contributed by atoms with van der Waals surface area (Å²) in [6.07, 6.45) is 0.116. The molecule has 0 unspecified atom stereocenters. The smallest absolute Gasteiger partial charge is 0.248 e. The molecule has 1 aromatic rings. The van der Waals surface area contributed by atoms with Crippen molar-refractivity contribution in [2.45, 2.75) is 38.5 Å². The van der Waals surface area contributed by atoms with E-state index in [1.807, 2.05) is 19.1 Å². The van der Waals surface area contributed by atoms with Gasteiger partial charge >= 0.3 is 0 Å². The molecular formula is C14H16BrF2NO. The van der Waals surface area contributed by atoms with E-state index in [2.05, 4.69) is 21.2 Å². The predicted octanol–water partition coefficient (Wildman–Crippen LogP) is 4.52. The number of hydrogen-bond donors (Lipinski definition) is 1. The minimum absolute atomic E-state index is 0.165. The molecule has 0 saturated heterocycles. The zero-order chi connectivity index (χ0) is 14.0. The zero-order valence-electron chi connectivity index (χ0n) is 10.7. The Balaban J connectivity index is 2.00. The minimum Gasteiger partial charge on any atom is -0.325 e. The van der Waals surface area contributed by atoms with Crippen molar-refractivity contribution in [2.75, 3.05) is 5.32 Å². The molecule has 1 fully saturated rings. The van der Waals surface area contributed by atoms with Gasteiger partial charge in [0.2, 0.25) is 11.8 Å². The summed E-state index contributed by atoms with van der Waals surface area (Å²) in [7, 11) is 0. The average Bonchev–Trinajstić information content (AvgIpc) is 2.35. The molecule has 2 nitrogen and oxygen atoms in total. The summed E-state index contributed by atoms with van der Waals surface area (Å²) < 4.78 is 26.9. The van der Waals surface area contributed by atoms with E-state index in [1.54, 1.807) is 6.07 Å². The maximum atomic E-state index is 13.0. The number of alkyl halides is 2. The van der Waals surface area contributed by atoms with Crippen LogP contribution in [0.4, 0.5) is 14.5 Å². The predicted molar refractivity (Wildman–Crippen MR) is 74.4 cm³/mol. The number of anilines is 1. The van der Waals surface area contributed by atoms with Crippen LogP contribution in [0.15, 0.2) is 22.7 Å². The molecule has 0 spiro atoms. The number of carbonyl (C=O) groups excluding carboxylic acids is 1. The molecule has 0 aromatic heterocycles. The third kappa shape index (κ3) is 3.53. The molecule has 19 heavy (non-hydrogen) atoms. The van der Waals surface area contributed by atoms with E-state index in [9.17, 15) is 13.6 Å². The Kier molecular flexibility index (Phi) is 4.23. The Bertz CT molecular complexity index is 480. The summed E-state index contributed by atoms with van der Waals surface area (Å²) in [5.41, 5.74) is 1.72. The Labute approximate surface area is 119 Å². The lowest BCUT2D eigenvalue weighted by atomic mass is 9.86. The van der Waals surface area contributed by atoms with Crippen LogP contribution in [0.1, 0.15) is 31.2 Å². The van der Waals surface area contributed by atoms with E-state index in [4.69, 9.17) is 0 Å². The second kappa shape index (κ2) is 5.57. The Morgan fingerprint density at radius 1 is 1.37 bits per heavy atom. The maximum absolute atomic E-state index is 13.0. The molecule has 1 aliphatic rings. The van der Waals surface area contributed by atoms with Gasteiger partial charge in [0, 0.05) is 23.2 Å². The van der Waals surface area contributed by atoms with Gasteiger partial charge in [-0.2, -0.15) is 0 Å². The quantitative estimate of drug-likeness (QED) is 0.848. The molecule has 1 N–H and O–H groups in total. The molecule has 0 radical (unpaired) electrons. The molecule has 5 heteroatoms. The van der Waals surface area contributed by atoms with Crippen molar-refractivity contribution >= 4 is 27.5 Å². The number of halogens is 3. The fraction of sp³-hybridized carbons (Fsp3) is 0.500. The molecule has 0 aliphatic heterocycles. The van der Waals surface area contributed by atoms with E-state index in [1.165, 1.54) is 0 Å². The average molecular weight is 332 g/mol. The summed E-state index contributed by atoms with van der Waals surface area (Å²) in [5.74, 6) is -3.07. The van der Waals surface area contributed by atoms with Crippen molar-refractivity contribution in [1.29, 1.82) is 0 Å². The van der Waals surface area contributed by atoms with Crippen LogP contribution in [0, 0.1) is 12.8 Å². The molecule has 2 rings (SSSR count). The monoisotopic (exact) mass is 331 g/mol. The van der Waals surface area contributed by atoms with Crippen LogP contribution in [-0.2, 0) is 4.79 Å². The number of aryl methyl sites for hydroxylation is 1. The highest BCUT2D eigenvalue weighted by Gasteiger charge is 2.37. The number of amides is 1. The molecule has 1 amide bonds. The van der Waals surface area contributed by atoms with Crippen LogP contribution < -0.4 is 5.32 Å². The molecule has 0 heterocycles. The van der Waals surface area contributed by atoms with E-state index < -0.39 is 5.92 Å². The number of rotatable bonds is 2. The van der Waals surface area contributed by atoms with E-state index in [0.29, 0.717) is 5.69 Å². The lowest BCUT2D eigenvalue weighted by molar-refractivity contribution is -0.124. The molecule has 1 aromatic carbocycles. The largest absolute Gasteiger partial charge is 0.325 e. The number of carbonyl (C=O) groups is 1. The second-order valence-corrected chi connectivity index (χ2v) is 5.85. The van der Waals surface area contributed by atoms with Crippen molar-refractivity contribution in [2.24, 2.45) is 5.92 Å². The van der Waals surface area contributed by atoms with Crippen molar-refractivity contribution < 1.29 is 13.6 Å². The summed E-state index contributed by atoms with van der Waals surface area (Å²) in [5, 5.41) is 2.82. The Morgan fingerprint density at radius 3 is 2.63 bits per heavy atom. The fourth-order valence-corrected chi connectivity index (χ4v) is 2.64. The van der Waals surface area contributed by atoms with Crippen molar-refractivity contribution in [3.05, 3.63) is 28.2 Å². The highest BCUT2D eigenvalue weighted by Crippen LogP contribution is 2.37. The first-order valence-electron chi connectivity index (χ1n) is 6.33. The van der Waals surface area contributed by atoms with Crippen LogP contribution in [0.5, 0.6) is 0 Å². The standard InChI is InChI=1S/C14H16BrF2NO/c1-9-3-2-4-11(12(9)15)18-13(19)10-5-7-14(16,17)8-6-10/h2-4,10H,5-8H2,1H3,(H,18,19). The molecule has 1 saturated carbocycles. The summed E-state index contributed by atoms with van der Waals surface area (Å²) in [6.45, 7) is 1.93. The molecule has 104 valence electrons. The van der Waals surface area contributed by atoms with Gasteiger partial charge in [-0.25, -0.2) is 8.78 Å². The fourth-order valence-electron chi connectivity index (χ4n) is 2.28. The first-order chi connectivity index (χ1) is 8.89. The third-order valence-corrected chi connectivity index (χ3v) is 4.59. The second-order valence-electron chi connectivity index (χ2n) is 5.06. The number of benzene rings is 1. The number of hydrogen-bond acceptors (Lipinski definition) is 1. The van der Waals surface area contributed by atoms with Gasteiger partial charge in [-0.15, -0.1) is 0 Å². The van der Waals surface area contributed by atoms with Crippen molar-refractivity contribution in [1.82, 2.24) is 0 Å². The van der Waals surface area contributed by atoms with Gasteiger partial charge in [0.15, 0.2) is 0 Å². The first-order valence-corrected chi connectivity index (χ1v) is 7.12. The number of nitrogens with one attached hydrogen (secondary N) is 1. The van der Waals surface area contributed by atoms with Crippen LogP contribution in [0.2, 0.25) is 0 Å². The van der Waals surface area contributed by atoms with Crippen LogP contribution >= 0.6 is 15.9 Å². The normalized spacial score (nSPS) is 19.2. The molecule has 0 atom stereocenters. The van der Waals surface area contributed by atoms with Crippen molar-refractivity contribution in [3.8, 4) is 0 Å². The highest BCUT2D eigenvalue weighted by molar-refractivity contribution is 9.10. The van der Waals surface area contributed by atoms with Gasteiger partial charge in [-0.05, 0) is 47.3 Å². The van der Waals surface area contributed by atoms with Gasteiger partial charge < -0.3 is 5.32 Å².